The van der Waals surface area contributed by atoms with Gasteiger partial charge in [-0.1, -0.05) is 203 Å². The summed E-state index contributed by atoms with van der Waals surface area (Å²) in [5, 5.41) is 2.42. The van der Waals surface area contributed by atoms with E-state index in [1.807, 2.05) is 12.1 Å². The number of hydrogen-bond acceptors (Lipinski definition) is 1. The minimum atomic E-state index is -0.00971. The van der Waals surface area contributed by atoms with Crippen molar-refractivity contribution >= 4 is 32.8 Å². The molecule has 12 rings (SSSR count). The lowest BCUT2D eigenvalue weighted by Crippen LogP contribution is -2.31. The summed E-state index contributed by atoms with van der Waals surface area (Å²) >= 11 is 0. The molecule has 0 aliphatic carbocycles. The van der Waals surface area contributed by atoms with Crippen LogP contribution in [0.4, 0.5) is 0 Å². The number of imidazole rings is 1. The van der Waals surface area contributed by atoms with Crippen LogP contribution in [0, 0.1) is 6.33 Å². The maximum atomic E-state index is 6.85. The van der Waals surface area contributed by atoms with Crippen molar-refractivity contribution in [1.82, 2.24) is 9.13 Å². The molecule has 0 atom stereocenters. The van der Waals surface area contributed by atoms with Gasteiger partial charge in [0, 0.05) is 16.5 Å². The Balaban J connectivity index is 0.970. The van der Waals surface area contributed by atoms with Gasteiger partial charge >= 0.3 is 0 Å². The van der Waals surface area contributed by atoms with E-state index < -0.39 is 0 Å². The van der Waals surface area contributed by atoms with Gasteiger partial charge in [-0.15, -0.1) is 0 Å². The normalized spacial score (nSPS) is 11.7. The van der Waals surface area contributed by atoms with Crippen LogP contribution in [0.2, 0.25) is 0 Å². The van der Waals surface area contributed by atoms with Gasteiger partial charge in [-0.3, -0.25) is 9.13 Å². The number of fused-ring (bicyclic) bond motifs is 4. The molecule has 0 aliphatic heterocycles. The van der Waals surface area contributed by atoms with Crippen molar-refractivity contribution < 1.29 is 9.30 Å². The van der Waals surface area contributed by atoms with E-state index in [0.717, 1.165) is 73.0 Å². The van der Waals surface area contributed by atoms with Crippen molar-refractivity contribution in [2.45, 2.75) is 26.2 Å². The second-order valence-electron chi connectivity index (χ2n) is 18.8. The predicted octanol–water partition coefficient (Wildman–Crippen LogP) is 16.6. The van der Waals surface area contributed by atoms with Crippen LogP contribution in [0.3, 0.4) is 0 Å². The molecular formula is C65H49N3O. The van der Waals surface area contributed by atoms with Gasteiger partial charge in [0.15, 0.2) is 0 Å². The quantitative estimate of drug-likeness (QED) is 0.105. The molecule has 330 valence electrons. The minimum absolute atomic E-state index is 0.00971. The molecule has 2 aromatic heterocycles. The van der Waals surface area contributed by atoms with Crippen molar-refractivity contribution in [3.05, 3.63) is 255 Å². The van der Waals surface area contributed by atoms with Gasteiger partial charge < -0.3 is 9.30 Å². The summed E-state index contributed by atoms with van der Waals surface area (Å²) in [4.78, 5) is 0. The standard InChI is InChI=1S/C65H49N3O/c1-65(2,3)49-27-17-25-47(39-49)58-43-63-59(56-33-13-14-36-60(56)68(63)50-28-11-6-12-29-50)42-57(58)48-26-18-31-52(40-48)69-53-32-19-30-51(41-53)66-44-67(62-38-16-15-37-61(62)66)64-54(45-21-7-4-8-22-45)34-20-35-55(64)46-23-9-5-10-24-46/h4-43H,1-3H3. The van der Waals surface area contributed by atoms with Crippen LogP contribution >= 0.6 is 0 Å². The second-order valence-corrected chi connectivity index (χ2v) is 18.8. The molecule has 4 nitrogen and oxygen atoms in total. The van der Waals surface area contributed by atoms with Gasteiger partial charge in [-0.25, -0.2) is 0 Å². The third-order valence-electron chi connectivity index (χ3n) is 13.3. The largest absolute Gasteiger partial charge is 0.458 e. The van der Waals surface area contributed by atoms with Crippen molar-refractivity contribution in [1.29, 1.82) is 0 Å². The summed E-state index contributed by atoms with van der Waals surface area (Å²) in [6, 6.07) is 86.4. The highest BCUT2D eigenvalue weighted by atomic mass is 16.5. The van der Waals surface area contributed by atoms with E-state index in [-0.39, 0.29) is 5.41 Å². The zero-order valence-corrected chi connectivity index (χ0v) is 38.8. The van der Waals surface area contributed by atoms with Gasteiger partial charge in [-0.2, -0.15) is 0 Å². The van der Waals surface area contributed by atoms with E-state index in [1.165, 1.54) is 38.5 Å². The number of ether oxygens (including phenoxy) is 1. The van der Waals surface area contributed by atoms with E-state index in [0.29, 0.717) is 0 Å². The molecule has 2 heterocycles. The first kappa shape index (κ1) is 41.7. The lowest BCUT2D eigenvalue weighted by molar-refractivity contribution is -0.571. The highest BCUT2D eigenvalue weighted by Gasteiger charge is 2.22. The molecule has 0 unspecified atom stereocenters. The van der Waals surface area contributed by atoms with Gasteiger partial charge in [-0.05, 0) is 116 Å². The fourth-order valence-electron chi connectivity index (χ4n) is 9.95. The topological polar surface area (TPSA) is 23.0 Å². The zero-order chi connectivity index (χ0) is 46.5. The Morgan fingerprint density at radius 1 is 0.391 bits per heavy atom. The molecular weight excluding hydrogens is 839 g/mol. The molecule has 69 heavy (non-hydrogen) atoms. The summed E-state index contributed by atoms with van der Waals surface area (Å²) < 4.78 is 13.6. The van der Waals surface area contributed by atoms with E-state index in [2.05, 4.69) is 271 Å². The van der Waals surface area contributed by atoms with Crippen molar-refractivity contribution in [2.24, 2.45) is 0 Å². The third-order valence-corrected chi connectivity index (χ3v) is 13.3. The fraction of sp³-hybridized carbons (Fsp3) is 0.0615. The van der Waals surface area contributed by atoms with Crippen LogP contribution in [0.25, 0.3) is 94.4 Å². The number of benzene rings is 10. The molecule has 10 aromatic carbocycles. The molecule has 0 amide bonds. The Morgan fingerprint density at radius 2 is 0.928 bits per heavy atom. The summed E-state index contributed by atoms with van der Waals surface area (Å²) in [6.07, 6.45) is 3.81. The Hall–Kier alpha value is -8.73. The molecule has 0 N–H and O–H groups in total. The van der Waals surface area contributed by atoms with Crippen LogP contribution < -0.4 is 9.30 Å². The number of hydrogen-bond donors (Lipinski definition) is 0. The van der Waals surface area contributed by atoms with Gasteiger partial charge in [0.1, 0.15) is 11.5 Å². The molecule has 0 saturated carbocycles. The number of rotatable bonds is 9. The average molecular weight is 888 g/mol. The Labute approximate surface area is 403 Å². The summed E-state index contributed by atoms with van der Waals surface area (Å²) in [7, 11) is 0. The molecule has 0 bridgehead atoms. The Kier molecular flexibility index (Phi) is 10.4. The van der Waals surface area contributed by atoms with Crippen molar-refractivity contribution in [2.75, 3.05) is 0 Å². The van der Waals surface area contributed by atoms with E-state index in [1.54, 1.807) is 0 Å². The van der Waals surface area contributed by atoms with Crippen LogP contribution in [-0.4, -0.2) is 9.13 Å². The first-order valence-electron chi connectivity index (χ1n) is 23.7. The van der Waals surface area contributed by atoms with Gasteiger partial charge in [0.2, 0.25) is 0 Å². The lowest BCUT2D eigenvalue weighted by atomic mass is 9.84. The van der Waals surface area contributed by atoms with Crippen LogP contribution in [-0.2, 0) is 5.41 Å². The highest BCUT2D eigenvalue weighted by Crippen LogP contribution is 2.43. The minimum Gasteiger partial charge on any atom is -0.458 e. The predicted molar refractivity (Wildman–Crippen MR) is 285 cm³/mol. The monoisotopic (exact) mass is 887 g/mol. The number of aromatic nitrogens is 3. The summed E-state index contributed by atoms with van der Waals surface area (Å²) in [5.74, 6) is 1.49. The van der Waals surface area contributed by atoms with E-state index >= 15 is 0 Å². The molecule has 4 heteroatoms. The highest BCUT2D eigenvalue weighted by molar-refractivity contribution is 6.12. The fourth-order valence-corrected chi connectivity index (χ4v) is 9.95. The van der Waals surface area contributed by atoms with Gasteiger partial charge in [0.25, 0.3) is 6.33 Å². The Bertz CT molecular complexity index is 3780. The molecule has 0 aliphatic rings. The number of nitrogens with zero attached hydrogens (tertiary/aromatic N) is 3. The van der Waals surface area contributed by atoms with Crippen molar-refractivity contribution in [3.8, 4) is 73.1 Å². The lowest BCUT2D eigenvalue weighted by Gasteiger charge is -2.21. The molecule has 0 saturated heterocycles. The first-order valence-corrected chi connectivity index (χ1v) is 23.7. The molecule has 0 radical (unpaired) electrons. The molecule has 0 fully saturated rings. The maximum Gasteiger partial charge on any atom is 0.269 e. The first-order chi connectivity index (χ1) is 33.9. The molecule has 12 aromatic rings. The van der Waals surface area contributed by atoms with Crippen LogP contribution in [0.5, 0.6) is 11.5 Å². The summed E-state index contributed by atoms with van der Waals surface area (Å²) in [6.45, 7) is 6.84. The number of para-hydroxylation sites is 5. The Morgan fingerprint density at radius 3 is 1.64 bits per heavy atom. The van der Waals surface area contributed by atoms with Crippen LogP contribution in [0.1, 0.15) is 26.3 Å². The smallest absolute Gasteiger partial charge is 0.269 e. The van der Waals surface area contributed by atoms with Crippen LogP contribution in [0.15, 0.2) is 243 Å². The van der Waals surface area contributed by atoms with Gasteiger partial charge in [0.05, 0.1) is 33.4 Å². The van der Waals surface area contributed by atoms with E-state index in [4.69, 9.17) is 4.74 Å². The molecule has 0 spiro atoms. The average Bonchev–Trinajstić information content (AvgIpc) is 3.95. The zero-order valence-electron chi connectivity index (χ0n) is 38.8. The third kappa shape index (κ3) is 7.66. The SMILES string of the molecule is CC(C)(C)c1cccc(-c2cc3c(cc2-c2cccc(Oc4cccc(-n5[c-][n+](-c6c(-c7ccccc7)cccc6-c6ccccc6)c6ccccc65)c4)c2)c2ccccc2n3-c2ccccc2)c1. The van der Waals surface area contributed by atoms with Crippen molar-refractivity contribution in [3.63, 3.8) is 0 Å². The summed E-state index contributed by atoms with van der Waals surface area (Å²) in [5.41, 5.74) is 18.0. The maximum absolute atomic E-state index is 6.85. The second kappa shape index (κ2) is 17.2. The van der Waals surface area contributed by atoms with E-state index in [9.17, 15) is 0 Å².